The summed E-state index contributed by atoms with van der Waals surface area (Å²) in [6, 6.07) is 1.96. The summed E-state index contributed by atoms with van der Waals surface area (Å²) in [5.41, 5.74) is -1.31. The smallest absolute Gasteiger partial charge is 0.307 e. The molecule has 0 fully saturated rings. The van der Waals surface area contributed by atoms with Crippen LogP contribution in [0.25, 0.3) is 0 Å². The molecule has 0 aromatic heterocycles. The number of benzene rings is 1. The van der Waals surface area contributed by atoms with Gasteiger partial charge < -0.3 is 4.74 Å². The fraction of sp³-hybridized carbons (Fsp3) is 0.533. The van der Waals surface area contributed by atoms with Gasteiger partial charge in [-0.25, -0.2) is 17.7 Å². The highest BCUT2D eigenvalue weighted by Crippen LogP contribution is 2.32. The van der Waals surface area contributed by atoms with Crippen LogP contribution in [-0.4, -0.2) is 22.0 Å². The molecule has 0 saturated carbocycles. The fourth-order valence-corrected chi connectivity index (χ4v) is 3.09. The van der Waals surface area contributed by atoms with E-state index >= 15 is 0 Å². The summed E-state index contributed by atoms with van der Waals surface area (Å²) in [5.74, 6) is -2.20. The van der Waals surface area contributed by atoms with Gasteiger partial charge in [-0.3, -0.25) is 4.79 Å². The summed E-state index contributed by atoms with van der Waals surface area (Å²) in [4.78, 5) is 11.7. The second-order valence-electron chi connectivity index (χ2n) is 6.31. The summed E-state index contributed by atoms with van der Waals surface area (Å²) < 4.78 is 47.0. The molecule has 23 heavy (non-hydrogen) atoms. The van der Waals surface area contributed by atoms with Crippen LogP contribution in [-0.2, 0) is 26.1 Å². The summed E-state index contributed by atoms with van der Waals surface area (Å²) in [6.45, 7) is 6.75. The van der Waals surface area contributed by atoms with Crippen molar-refractivity contribution < 1.29 is 22.5 Å². The first-order valence-electron chi connectivity index (χ1n) is 6.82. The number of rotatable bonds is 5. The maximum Gasteiger partial charge on any atom is 0.307 e. The molecule has 0 heterocycles. The Bertz CT molecular complexity index is 634. The van der Waals surface area contributed by atoms with Crippen molar-refractivity contribution in [3.63, 3.8) is 0 Å². The van der Waals surface area contributed by atoms with E-state index in [1.807, 2.05) is 0 Å². The van der Waals surface area contributed by atoms with Crippen LogP contribution in [0.1, 0.15) is 39.7 Å². The first-order chi connectivity index (χ1) is 10.4. The molecule has 1 rings (SSSR count). The van der Waals surface area contributed by atoms with E-state index in [-0.39, 0.29) is 16.5 Å². The maximum absolute atomic E-state index is 14.3. The van der Waals surface area contributed by atoms with Crippen LogP contribution in [0.15, 0.2) is 16.6 Å². The first kappa shape index (κ1) is 20.2. The molecule has 1 N–H and O–H groups in total. The predicted molar refractivity (Wildman–Crippen MR) is 89.1 cm³/mol. The third-order valence-electron chi connectivity index (χ3n) is 3.20. The molecule has 8 heteroatoms. The van der Waals surface area contributed by atoms with Crippen LogP contribution in [0, 0.1) is 11.6 Å². The Labute approximate surface area is 145 Å². The summed E-state index contributed by atoms with van der Waals surface area (Å²) >= 11 is 3.00. The van der Waals surface area contributed by atoms with Crippen LogP contribution in [0.3, 0.4) is 0 Å². The highest BCUT2D eigenvalue weighted by atomic mass is 79.9. The molecule has 0 amide bonds. The number of nitrogens with one attached hydrogen (secondary N) is 1. The van der Waals surface area contributed by atoms with Gasteiger partial charge in [0.2, 0.25) is 0 Å². The molecule has 0 aliphatic carbocycles. The molecule has 2 atom stereocenters. The van der Waals surface area contributed by atoms with Gasteiger partial charge in [0.05, 0.1) is 39.3 Å². The van der Waals surface area contributed by atoms with Gasteiger partial charge in [0.1, 0.15) is 11.6 Å². The molecular formula is C15H20BrF2NO3S. The quantitative estimate of drug-likeness (QED) is 0.595. The number of methoxy groups -OCH3 is 1. The minimum atomic E-state index is -1.58. The number of halogens is 3. The zero-order chi connectivity index (χ0) is 18.0. The SMILES string of the molecule is COC(=O)CC(C)(NS(=O)C(C)(C)C)c1cc(Br)c(F)cc1F. The number of carbonyl (C=O) groups is 1. The molecular weight excluding hydrogens is 392 g/mol. The van der Waals surface area contributed by atoms with Crippen molar-refractivity contribution in [1.29, 1.82) is 0 Å². The minimum absolute atomic E-state index is 0.0220. The predicted octanol–water partition coefficient (Wildman–Crippen LogP) is 3.56. The second kappa shape index (κ2) is 7.36. The zero-order valence-electron chi connectivity index (χ0n) is 13.6. The highest BCUT2D eigenvalue weighted by Gasteiger charge is 2.37. The van der Waals surface area contributed by atoms with Crippen LogP contribution >= 0.6 is 15.9 Å². The van der Waals surface area contributed by atoms with Crippen LogP contribution < -0.4 is 4.72 Å². The first-order valence-corrected chi connectivity index (χ1v) is 8.76. The van der Waals surface area contributed by atoms with Gasteiger partial charge in [0.15, 0.2) is 0 Å². The maximum atomic E-state index is 14.3. The highest BCUT2D eigenvalue weighted by molar-refractivity contribution is 9.10. The van der Waals surface area contributed by atoms with Crippen molar-refractivity contribution >= 4 is 32.9 Å². The van der Waals surface area contributed by atoms with Gasteiger partial charge in [-0.15, -0.1) is 0 Å². The standard InChI is InChI=1S/C15H20BrF2NO3S/c1-14(2,3)23(21)19-15(4,8-13(20)22-5)9-6-10(16)12(18)7-11(9)17/h6-7,19H,8H2,1-5H3. The third kappa shape index (κ3) is 5.06. The average molecular weight is 412 g/mol. The van der Waals surface area contributed by atoms with Gasteiger partial charge in [0.25, 0.3) is 0 Å². The Morgan fingerprint density at radius 1 is 1.26 bits per heavy atom. The Morgan fingerprint density at radius 2 is 1.83 bits per heavy atom. The third-order valence-corrected chi connectivity index (χ3v) is 5.56. The van der Waals surface area contributed by atoms with Crippen LogP contribution in [0.5, 0.6) is 0 Å². The van der Waals surface area contributed by atoms with Gasteiger partial charge in [-0.05, 0) is 49.7 Å². The van der Waals surface area contributed by atoms with E-state index < -0.39 is 38.9 Å². The van der Waals surface area contributed by atoms with Crippen LogP contribution in [0.4, 0.5) is 8.78 Å². The van der Waals surface area contributed by atoms with Crippen molar-refractivity contribution in [2.75, 3.05) is 7.11 Å². The number of hydrogen-bond donors (Lipinski definition) is 1. The number of hydrogen-bond acceptors (Lipinski definition) is 3. The molecule has 130 valence electrons. The number of esters is 1. The molecule has 0 aliphatic heterocycles. The Balaban J connectivity index is 3.37. The van der Waals surface area contributed by atoms with E-state index in [4.69, 9.17) is 0 Å². The molecule has 0 saturated heterocycles. The summed E-state index contributed by atoms with van der Waals surface area (Å²) in [6.07, 6.45) is -0.264. The lowest BCUT2D eigenvalue weighted by atomic mass is 9.89. The molecule has 0 bridgehead atoms. The Kier molecular flexibility index (Phi) is 6.46. The average Bonchev–Trinajstić information content (AvgIpc) is 2.41. The van der Waals surface area contributed by atoms with E-state index in [1.165, 1.54) is 20.1 Å². The van der Waals surface area contributed by atoms with Crippen molar-refractivity contribution in [1.82, 2.24) is 4.72 Å². The lowest BCUT2D eigenvalue weighted by Gasteiger charge is -2.33. The lowest BCUT2D eigenvalue weighted by molar-refractivity contribution is -0.142. The van der Waals surface area contributed by atoms with Gasteiger partial charge in [0, 0.05) is 11.6 Å². The van der Waals surface area contributed by atoms with Gasteiger partial charge in [-0.2, -0.15) is 0 Å². The van der Waals surface area contributed by atoms with E-state index in [2.05, 4.69) is 25.4 Å². The van der Waals surface area contributed by atoms with Crippen molar-refractivity contribution in [2.45, 2.75) is 44.4 Å². The summed E-state index contributed by atoms with van der Waals surface area (Å²) in [7, 11) is -0.371. The monoisotopic (exact) mass is 411 g/mol. The molecule has 2 unspecified atom stereocenters. The zero-order valence-corrected chi connectivity index (χ0v) is 16.0. The van der Waals surface area contributed by atoms with Crippen molar-refractivity contribution in [3.05, 3.63) is 33.8 Å². The largest absolute Gasteiger partial charge is 0.469 e. The second-order valence-corrected chi connectivity index (χ2v) is 9.14. The molecule has 1 aromatic carbocycles. The molecule has 1 aromatic rings. The van der Waals surface area contributed by atoms with Gasteiger partial charge in [-0.1, -0.05) is 0 Å². The minimum Gasteiger partial charge on any atom is -0.469 e. The lowest BCUT2D eigenvalue weighted by Crippen LogP contribution is -2.48. The molecule has 4 nitrogen and oxygen atoms in total. The Hall–Kier alpha value is -0.860. The molecule has 0 spiro atoms. The Morgan fingerprint density at radius 3 is 2.30 bits per heavy atom. The van der Waals surface area contributed by atoms with E-state index in [0.29, 0.717) is 0 Å². The van der Waals surface area contributed by atoms with E-state index in [9.17, 15) is 17.8 Å². The fourth-order valence-electron chi connectivity index (χ4n) is 1.85. The number of ether oxygens (including phenoxy) is 1. The summed E-state index contributed by atoms with van der Waals surface area (Å²) in [5, 5.41) is 0. The van der Waals surface area contributed by atoms with E-state index in [1.54, 1.807) is 20.8 Å². The normalized spacial score (nSPS) is 15.8. The molecule has 0 radical (unpaired) electrons. The van der Waals surface area contributed by atoms with Crippen molar-refractivity contribution in [2.24, 2.45) is 0 Å². The van der Waals surface area contributed by atoms with Crippen LogP contribution in [0.2, 0.25) is 0 Å². The number of carbonyl (C=O) groups excluding carboxylic acids is 1. The van der Waals surface area contributed by atoms with Gasteiger partial charge >= 0.3 is 5.97 Å². The molecule has 0 aliphatic rings. The topological polar surface area (TPSA) is 55.4 Å². The van der Waals surface area contributed by atoms with Crippen molar-refractivity contribution in [3.8, 4) is 0 Å². The van der Waals surface area contributed by atoms with E-state index in [0.717, 1.165) is 6.07 Å².